The van der Waals surface area contributed by atoms with Crippen LogP contribution < -0.4 is 5.32 Å². The lowest BCUT2D eigenvalue weighted by Gasteiger charge is -2.27. The second kappa shape index (κ2) is 8.42. The number of imidazole rings is 1. The van der Waals surface area contributed by atoms with E-state index in [1.807, 2.05) is 22.8 Å². The fourth-order valence-corrected chi connectivity index (χ4v) is 3.96. The van der Waals surface area contributed by atoms with Crippen molar-refractivity contribution in [3.63, 3.8) is 0 Å². The number of hydrogen-bond acceptors (Lipinski definition) is 4. The van der Waals surface area contributed by atoms with Gasteiger partial charge in [-0.15, -0.1) is 0 Å². The van der Waals surface area contributed by atoms with Crippen LogP contribution in [0.15, 0.2) is 60.8 Å². The van der Waals surface area contributed by atoms with Gasteiger partial charge in [-0.25, -0.2) is 13.8 Å². The molecule has 7 nitrogen and oxygen atoms in total. The Balaban J connectivity index is 1.34. The maximum absolute atomic E-state index is 13.3. The molecule has 1 aliphatic rings. The van der Waals surface area contributed by atoms with Crippen LogP contribution in [-0.4, -0.2) is 37.8 Å². The molecule has 166 valence electrons. The van der Waals surface area contributed by atoms with Crippen molar-refractivity contribution in [3.05, 3.63) is 95.1 Å². The molecule has 0 saturated carbocycles. The molecule has 0 saturated heterocycles. The molecule has 33 heavy (non-hydrogen) atoms. The van der Waals surface area contributed by atoms with Crippen molar-refractivity contribution in [2.24, 2.45) is 0 Å². The molecule has 0 unspecified atom stereocenters. The zero-order chi connectivity index (χ0) is 22.9. The zero-order valence-corrected chi connectivity index (χ0v) is 17.5. The lowest BCUT2D eigenvalue weighted by molar-refractivity contribution is 0.0682. The number of aromatic nitrogens is 3. The van der Waals surface area contributed by atoms with Crippen LogP contribution in [0, 0.1) is 11.6 Å². The van der Waals surface area contributed by atoms with Gasteiger partial charge in [-0.2, -0.15) is 0 Å². The Morgan fingerprint density at radius 3 is 2.61 bits per heavy atom. The number of carbonyl (C=O) groups excluding carboxylic acids is 2. The number of benzene rings is 2. The van der Waals surface area contributed by atoms with Crippen molar-refractivity contribution in [2.45, 2.75) is 19.6 Å². The first-order chi connectivity index (χ1) is 16.0. The molecule has 9 heteroatoms. The molecule has 3 heterocycles. The highest BCUT2D eigenvalue weighted by Crippen LogP contribution is 2.23. The van der Waals surface area contributed by atoms with E-state index in [4.69, 9.17) is 0 Å². The minimum atomic E-state index is -0.703. The van der Waals surface area contributed by atoms with Crippen molar-refractivity contribution in [3.8, 4) is 0 Å². The monoisotopic (exact) mass is 447 g/mol. The van der Waals surface area contributed by atoms with Crippen LogP contribution in [-0.2, 0) is 19.6 Å². The van der Waals surface area contributed by atoms with Gasteiger partial charge in [0, 0.05) is 37.5 Å². The number of carbonyl (C=O) groups is 2. The van der Waals surface area contributed by atoms with Gasteiger partial charge >= 0.3 is 0 Å². The molecule has 0 spiro atoms. The third kappa shape index (κ3) is 4.17. The van der Waals surface area contributed by atoms with Crippen molar-refractivity contribution in [1.82, 2.24) is 24.8 Å². The fourth-order valence-electron chi connectivity index (χ4n) is 3.96. The predicted octanol–water partition coefficient (Wildman–Crippen LogP) is 3.30. The van der Waals surface area contributed by atoms with Crippen LogP contribution >= 0.6 is 0 Å². The molecule has 2 amide bonds. The lowest BCUT2D eigenvalue weighted by Crippen LogP contribution is -2.40. The minimum absolute atomic E-state index is 0.0216. The van der Waals surface area contributed by atoms with Crippen LogP contribution in [0.25, 0.3) is 11.0 Å². The topological polar surface area (TPSA) is 80.1 Å². The van der Waals surface area contributed by atoms with Crippen molar-refractivity contribution >= 4 is 22.8 Å². The van der Waals surface area contributed by atoms with E-state index in [1.54, 1.807) is 29.3 Å². The van der Waals surface area contributed by atoms with Crippen LogP contribution in [0.4, 0.5) is 8.78 Å². The molecule has 2 aromatic heterocycles. The van der Waals surface area contributed by atoms with E-state index in [9.17, 15) is 18.4 Å². The van der Waals surface area contributed by atoms with E-state index in [0.29, 0.717) is 42.1 Å². The van der Waals surface area contributed by atoms with Crippen molar-refractivity contribution in [1.29, 1.82) is 0 Å². The van der Waals surface area contributed by atoms with Gasteiger partial charge in [-0.1, -0.05) is 6.07 Å². The zero-order valence-electron chi connectivity index (χ0n) is 17.5. The predicted molar refractivity (Wildman–Crippen MR) is 116 cm³/mol. The molecule has 0 atom stereocenters. The highest BCUT2D eigenvalue weighted by molar-refractivity contribution is 6.00. The lowest BCUT2D eigenvalue weighted by atomic mass is 10.1. The van der Waals surface area contributed by atoms with Crippen LogP contribution in [0.1, 0.15) is 32.2 Å². The summed E-state index contributed by atoms with van der Waals surface area (Å²) in [5.74, 6) is -1.69. The first-order valence-electron chi connectivity index (χ1n) is 10.4. The Morgan fingerprint density at radius 2 is 1.85 bits per heavy atom. The standard InChI is InChI=1S/C24H19F2N5O2/c25-17-9-15(10-18(26)12-17)13-28-23(32)16-4-5-21-20(11-16)29-22-24(33)30(7-8-31(21)22)14-19-3-1-2-6-27-19/h1-6,9-12H,7-8,13-14H2,(H,28,32). The first-order valence-corrected chi connectivity index (χ1v) is 10.4. The molecule has 5 rings (SSSR count). The van der Waals surface area contributed by atoms with Gasteiger partial charge in [0.1, 0.15) is 11.6 Å². The molecule has 0 radical (unpaired) electrons. The number of halogens is 2. The van der Waals surface area contributed by atoms with Gasteiger partial charge in [0.25, 0.3) is 11.8 Å². The maximum atomic E-state index is 13.3. The smallest absolute Gasteiger partial charge is 0.290 e. The quantitative estimate of drug-likeness (QED) is 0.509. The summed E-state index contributed by atoms with van der Waals surface area (Å²) in [6.45, 7) is 1.49. The Bertz CT molecular complexity index is 1350. The summed E-state index contributed by atoms with van der Waals surface area (Å²) >= 11 is 0. The highest BCUT2D eigenvalue weighted by Gasteiger charge is 2.28. The Kier molecular flexibility index (Phi) is 5.29. The van der Waals surface area contributed by atoms with E-state index in [-0.39, 0.29) is 12.5 Å². The fraction of sp³-hybridized carbons (Fsp3) is 0.167. The molecule has 1 N–H and O–H groups in total. The number of amides is 2. The number of fused-ring (bicyclic) bond motifs is 3. The second-order valence-electron chi connectivity index (χ2n) is 7.80. The van der Waals surface area contributed by atoms with E-state index >= 15 is 0 Å². The Hall–Kier alpha value is -4.14. The van der Waals surface area contributed by atoms with Crippen molar-refractivity contribution in [2.75, 3.05) is 6.54 Å². The molecule has 0 aliphatic carbocycles. The summed E-state index contributed by atoms with van der Waals surface area (Å²) in [5, 5.41) is 2.65. The molecule has 2 aromatic carbocycles. The first kappa shape index (κ1) is 20.7. The van der Waals surface area contributed by atoms with E-state index < -0.39 is 17.5 Å². The molecule has 4 aromatic rings. The number of nitrogens with zero attached hydrogens (tertiary/aromatic N) is 4. The molecule has 0 fully saturated rings. The normalized spacial score (nSPS) is 13.3. The summed E-state index contributed by atoms with van der Waals surface area (Å²) in [7, 11) is 0. The van der Waals surface area contributed by atoms with E-state index in [0.717, 1.165) is 17.3 Å². The average molecular weight is 447 g/mol. The second-order valence-corrected chi connectivity index (χ2v) is 7.80. The van der Waals surface area contributed by atoms with Gasteiger partial charge in [0.2, 0.25) is 0 Å². The average Bonchev–Trinajstić information content (AvgIpc) is 3.18. The molecular weight excluding hydrogens is 428 g/mol. The van der Waals surface area contributed by atoms with Gasteiger partial charge in [0.15, 0.2) is 5.82 Å². The highest BCUT2D eigenvalue weighted by atomic mass is 19.1. The third-order valence-corrected chi connectivity index (χ3v) is 5.54. The Morgan fingerprint density at radius 1 is 1.03 bits per heavy atom. The Labute approximate surface area is 187 Å². The number of pyridine rings is 1. The van der Waals surface area contributed by atoms with Gasteiger partial charge in [0.05, 0.1) is 23.3 Å². The number of rotatable bonds is 5. The number of hydrogen-bond donors (Lipinski definition) is 1. The van der Waals surface area contributed by atoms with Crippen molar-refractivity contribution < 1.29 is 18.4 Å². The van der Waals surface area contributed by atoms with Crippen LogP contribution in [0.5, 0.6) is 0 Å². The van der Waals surface area contributed by atoms with E-state index in [1.165, 1.54) is 12.1 Å². The van der Waals surface area contributed by atoms with E-state index in [2.05, 4.69) is 15.3 Å². The van der Waals surface area contributed by atoms with Gasteiger partial charge < -0.3 is 14.8 Å². The van der Waals surface area contributed by atoms with Gasteiger partial charge in [-0.05, 0) is 48.0 Å². The summed E-state index contributed by atoms with van der Waals surface area (Å²) in [6.07, 6.45) is 1.69. The summed E-state index contributed by atoms with van der Waals surface area (Å²) < 4.78 is 28.5. The van der Waals surface area contributed by atoms with Crippen LogP contribution in [0.2, 0.25) is 0 Å². The molecule has 1 aliphatic heterocycles. The van der Waals surface area contributed by atoms with Gasteiger partial charge in [-0.3, -0.25) is 14.6 Å². The molecule has 0 bridgehead atoms. The third-order valence-electron chi connectivity index (χ3n) is 5.54. The van der Waals surface area contributed by atoms with Crippen LogP contribution in [0.3, 0.4) is 0 Å². The number of nitrogens with one attached hydrogen (secondary N) is 1. The summed E-state index contributed by atoms with van der Waals surface area (Å²) in [4.78, 5) is 36.0. The SMILES string of the molecule is O=C(NCc1cc(F)cc(F)c1)c1ccc2c(c1)nc1n2CCN(Cc2ccccn2)C1=O. The summed E-state index contributed by atoms with van der Waals surface area (Å²) in [6, 6.07) is 13.7. The summed E-state index contributed by atoms with van der Waals surface area (Å²) in [5.41, 5.74) is 2.75. The maximum Gasteiger partial charge on any atom is 0.290 e. The minimum Gasteiger partial charge on any atom is -0.348 e. The molecular formula is C24H19F2N5O2. The largest absolute Gasteiger partial charge is 0.348 e.